The summed E-state index contributed by atoms with van der Waals surface area (Å²) < 4.78 is 25.2. The number of halogens is 1. The van der Waals surface area contributed by atoms with E-state index in [-0.39, 0.29) is 11.7 Å². The molecule has 0 aliphatic carbocycles. The van der Waals surface area contributed by atoms with Gasteiger partial charge in [-0.1, -0.05) is 12.1 Å². The van der Waals surface area contributed by atoms with Crippen molar-refractivity contribution >= 4 is 23.6 Å². The van der Waals surface area contributed by atoms with Crippen molar-refractivity contribution in [3.8, 4) is 11.5 Å². The molecule has 1 aromatic heterocycles. The van der Waals surface area contributed by atoms with Gasteiger partial charge in [-0.2, -0.15) is 0 Å². The fourth-order valence-electron chi connectivity index (χ4n) is 3.52. The second kappa shape index (κ2) is 10.7. The Kier molecular flexibility index (Phi) is 7.29. The Morgan fingerprint density at radius 2 is 1.97 bits per heavy atom. The number of hydrogen-bond acceptors (Lipinski definition) is 5. The molecule has 1 fully saturated rings. The van der Waals surface area contributed by atoms with Crippen LogP contribution >= 0.6 is 0 Å². The second-order valence-corrected chi connectivity index (χ2v) is 7.69. The lowest BCUT2D eigenvalue weighted by Gasteiger charge is -2.27. The molecular weight excluding hydrogens is 437 g/mol. The summed E-state index contributed by atoms with van der Waals surface area (Å²) in [7, 11) is 0. The molecule has 0 bridgehead atoms. The molecule has 1 N–H and O–H groups in total. The van der Waals surface area contributed by atoms with E-state index in [0.717, 1.165) is 0 Å². The van der Waals surface area contributed by atoms with Crippen LogP contribution in [0.15, 0.2) is 67.0 Å². The highest BCUT2D eigenvalue weighted by molar-refractivity contribution is 6.04. The van der Waals surface area contributed by atoms with E-state index >= 15 is 0 Å². The Morgan fingerprint density at radius 1 is 1.15 bits per heavy atom. The predicted molar refractivity (Wildman–Crippen MR) is 126 cm³/mol. The van der Waals surface area contributed by atoms with Crippen molar-refractivity contribution in [3.63, 3.8) is 0 Å². The van der Waals surface area contributed by atoms with Crippen LogP contribution < -0.4 is 10.1 Å². The summed E-state index contributed by atoms with van der Waals surface area (Å²) in [6.45, 7) is 3.91. The van der Waals surface area contributed by atoms with E-state index in [2.05, 4.69) is 10.3 Å². The smallest absolute Gasteiger partial charge is 0.254 e. The van der Waals surface area contributed by atoms with Gasteiger partial charge in [-0.25, -0.2) is 4.39 Å². The third kappa shape index (κ3) is 5.65. The maximum Gasteiger partial charge on any atom is 0.254 e. The van der Waals surface area contributed by atoms with Crippen LogP contribution in [0, 0.1) is 12.7 Å². The molecule has 2 aromatic carbocycles. The maximum absolute atomic E-state index is 14.4. The number of rotatable bonds is 6. The molecule has 174 valence electrons. The first-order chi connectivity index (χ1) is 16.5. The summed E-state index contributed by atoms with van der Waals surface area (Å²) in [5, 5.41) is 2.79. The molecule has 0 unspecified atom stereocenters. The number of pyridine rings is 1. The monoisotopic (exact) mass is 461 g/mol. The van der Waals surface area contributed by atoms with Gasteiger partial charge in [0, 0.05) is 36.6 Å². The minimum atomic E-state index is -0.559. The molecule has 1 saturated heterocycles. The van der Waals surface area contributed by atoms with Gasteiger partial charge in [0.25, 0.3) is 5.91 Å². The van der Waals surface area contributed by atoms with Crippen molar-refractivity contribution < 1.29 is 23.5 Å². The van der Waals surface area contributed by atoms with E-state index < -0.39 is 11.7 Å². The molecule has 4 rings (SSSR count). The summed E-state index contributed by atoms with van der Waals surface area (Å²) >= 11 is 0. The fourth-order valence-corrected chi connectivity index (χ4v) is 3.52. The van der Waals surface area contributed by atoms with Gasteiger partial charge in [0.2, 0.25) is 5.91 Å². The van der Waals surface area contributed by atoms with E-state index in [1.807, 2.05) is 0 Å². The van der Waals surface area contributed by atoms with E-state index in [1.165, 1.54) is 30.5 Å². The van der Waals surface area contributed by atoms with Crippen LogP contribution in [0.1, 0.15) is 21.5 Å². The topological polar surface area (TPSA) is 80.8 Å². The molecule has 7 nitrogen and oxygen atoms in total. The standard InChI is InChI=1S/C26H24FN3O4/c1-18-21(26(32)30-12-14-33-15-13-30)5-2-6-23(18)29-25(31)10-8-19-7-9-24(22(27)16-19)34-20-4-3-11-28-17-20/h2-11,16-17H,12-15H2,1H3,(H,29,31)/b10-8+. The number of anilines is 1. The molecule has 3 aromatic rings. The third-order valence-electron chi connectivity index (χ3n) is 5.37. The minimum absolute atomic E-state index is 0.0620. The van der Waals surface area contributed by atoms with Gasteiger partial charge in [-0.15, -0.1) is 0 Å². The fraction of sp³-hybridized carbons (Fsp3) is 0.192. The van der Waals surface area contributed by atoms with Gasteiger partial charge in [-0.05, 0) is 60.5 Å². The molecule has 1 aliphatic heterocycles. The van der Waals surface area contributed by atoms with Crippen LogP contribution in [0.5, 0.6) is 11.5 Å². The number of carbonyl (C=O) groups is 2. The van der Waals surface area contributed by atoms with Crippen LogP contribution in [0.25, 0.3) is 6.08 Å². The third-order valence-corrected chi connectivity index (χ3v) is 5.37. The lowest BCUT2D eigenvalue weighted by atomic mass is 10.0. The van der Waals surface area contributed by atoms with Crippen molar-refractivity contribution in [1.82, 2.24) is 9.88 Å². The number of benzene rings is 2. The Balaban J connectivity index is 1.41. The number of amides is 2. The molecule has 0 saturated carbocycles. The molecule has 2 heterocycles. The van der Waals surface area contributed by atoms with Gasteiger partial charge in [-0.3, -0.25) is 14.6 Å². The minimum Gasteiger partial charge on any atom is -0.453 e. The van der Waals surface area contributed by atoms with E-state index in [1.54, 1.807) is 54.4 Å². The molecule has 1 aliphatic rings. The molecule has 0 atom stereocenters. The number of nitrogens with zero attached hydrogens (tertiary/aromatic N) is 2. The van der Waals surface area contributed by atoms with Crippen molar-refractivity contribution in [2.24, 2.45) is 0 Å². The zero-order valence-corrected chi connectivity index (χ0v) is 18.7. The average Bonchev–Trinajstić information content (AvgIpc) is 2.86. The summed E-state index contributed by atoms with van der Waals surface area (Å²) in [6, 6.07) is 13.0. The largest absolute Gasteiger partial charge is 0.453 e. The van der Waals surface area contributed by atoms with Crippen molar-refractivity contribution in [1.29, 1.82) is 0 Å². The van der Waals surface area contributed by atoms with Crippen molar-refractivity contribution in [2.75, 3.05) is 31.6 Å². The number of ether oxygens (including phenoxy) is 2. The maximum atomic E-state index is 14.4. The number of carbonyl (C=O) groups excluding carboxylic acids is 2. The molecule has 2 amide bonds. The summed E-state index contributed by atoms with van der Waals surface area (Å²) in [6.07, 6.45) is 5.90. The van der Waals surface area contributed by atoms with E-state index in [0.29, 0.717) is 54.4 Å². The number of morpholine rings is 1. The molecule has 0 radical (unpaired) electrons. The molecular formula is C26H24FN3O4. The highest BCUT2D eigenvalue weighted by Crippen LogP contribution is 2.25. The van der Waals surface area contributed by atoms with Crippen molar-refractivity contribution in [3.05, 3.63) is 89.5 Å². The van der Waals surface area contributed by atoms with Crippen LogP contribution in [-0.4, -0.2) is 48.0 Å². The lowest BCUT2D eigenvalue weighted by molar-refractivity contribution is -0.111. The van der Waals surface area contributed by atoms with Gasteiger partial charge < -0.3 is 19.7 Å². The van der Waals surface area contributed by atoms with Crippen LogP contribution in [0.3, 0.4) is 0 Å². The molecule has 8 heteroatoms. The Bertz CT molecular complexity index is 1210. The summed E-state index contributed by atoms with van der Waals surface area (Å²) in [5.74, 6) is -0.552. The van der Waals surface area contributed by atoms with Crippen LogP contribution in [0.2, 0.25) is 0 Å². The normalized spacial score (nSPS) is 13.6. The first-order valence-electron chi connectivity index (χ1n) is 10.8. The number of aromatic nitrogens is 1. The average molecular weight is 461 g/mol. The first kappa shape index (κ1) is 23.1. The SMILES string of the molecule is Cc1c(NC(=O)/C=C/c2ccc(Oc3cccnc3)c(F)c2)cccc1C(=O)N1CCOCC1. The van der Waals surface area contributed by atoms with Crippen molar-refractivity contribution in [2.45, 2.75) is 6.92 Å². The summed E-state index contributed by atoms with van der Waals surface area (Å²) in [4.78, 5) is 31.0. The lowest BCUT2D eigenvalue weighted by Crippen LogP contribution is -2.41. The quantitative estimate of drug-likeness (QED) is 0.549. The second-order valence-electron chi connectivity index (χ2n) is 7.69. The van der Waals surface area contributed by atoms with E-state index in [9.17, 15) is 14.0 Å². The van der Waals surface area contributed by atoms with E-state index in [4.69, 9.17) is 9.47 Å². The Hall–Kier alpha value is -4.04. The highest BCUT2D eigenvalue weighted by atomic mass is 19.1. The zero-order chi connectivity index (χ0) is 23.9. The number of nitrogens with one attached hydrogen (secondary N) is 1. The Labute approximate surface area is 196 Å². The molecule has 34 heavy (non-hydrogen) atoms. The molecule has 0 spiro atoms. The zero-order valence-electron chi connectivity index (χ0n) is 18.7. The summed E-state index contributed by atoms with van der Waals surface area (Å²) in [5.41, 5.74) is 2.26. The highest BCUT2D eigenvalue weighted by Gasteiger charge is 2.21. The number of hydrogen-bond donors (Lipinski definition) is 1. The van der Waals surface area contributed by atoms with Gasteiger partial charge in [0.15, 0.2) is 11.6 Å². The van der Waals surface area contributed by atoms with Gasteiger partial charge >= 0.3 is 0 Å². The van der Waals surface area contributed by atoms with Gasteiger partial charge in [0.1, 0.15) is 5.75 Å². The van der Waals surface area contributed by atoms with Gasteiger partial charge in [0.05, 0.1) is 19.4 Å². The Morgan fingerprint density at radius 3 is 2.71 bits per heavy atom. The first-order valence-corrected chi connectivity index (χ1v) is 10.8. The van der Waals surface area contributed by atoms with Crippen LogP contribution in [-0.2, 0) is 9.53 Å². The predicted octanol–water partition coefficient (Wildman–Crippen LogP) is 4.45. The van der Waals surface area contributed by atoms with Crippen LogP contribution in [0.4, 0.5) is 10.1 Å².